The zero-order valence-electron chi connectivity index (χ0n) is 13.6. The highest BCUT2D eigenvalue weighted by atomic mass is 19.1. The van der Waals surface area contributed by atoms with E-state index in [1.807, 2.05) is 30.3 Å². The highest BCUT2D eigenvalue weighted by molar-refractivity contribution is 5.85. The molecule has 1 fully saturated rings. The van der Waals surface area contributed by atoms with Crippen molar-refractivity contribution in [3.63, 3.8) is 0 Å². The maximum absolute atomic E-state index is 14.9. The van der Waals surface area contributed by atoms with E-state index in [-0.39, 0.29) is 5.82 Å². The quantitative estimate of drug-likeness (QED) is 0.666. The van der Waals surface area contributed by atoms with E-state index in [0.717, 1.165) is 35.5 Å². The summed E-state index contributed by atoms with van der Waals surface area (Å²) in [5.41, 5.74) is 0.910. The van der Waals surface area contributed by atoms with Gasteiger partial charge in [-0.15, -0.1) is 0 Å². The van der Waals surface area contributed by atoms with Gasteiger partial charge in [-0.2, -0.15) is 0 Å². The summed E-state index contributed by atoms with van der Waals surface area (Å²) in [4.78, 5) is 0. The van der Waals surface area contributed by atoms with E-state index in [0.29, 0.717) is 11.3 Å². The van der Waals surface area contributed by atoms with Gasteiger partial charge >= 0.3 is 0 Å². The lowest BCUT2D eigenvalue weighted by atomic mass is 9.77. The van der Waals surface area contributed by atoms with Crippen LogP contribution in [0.25, 0.3) is 10.8 Å². The van der Waals surface area contributed by atoms with Gasteiger partial charge in [-0.3, -0.25) is 0 Å². The second-order valence-electron chi connectivity index (χ2n) is 6.56. The van der Waals surface area contributed by atoms with Crippen molar-refractivity contribution in [2.75, 3.05) is 7.11 Å². The molecule has 1 nitrogen and oxygen atoms in total. The van der Waals surface area contributed by atoms with Crippen LogP contribution in [0.2, 0.25) is 0 Å². The number of benzene rings is 2. The third kappa shape index (κ3) is 2.97. The monoisotopic (exact) mass is 300 g/mol. The van der Waals surface area contributed by atoms with E-state index in [1.165, 1.54) is 25.7 Å². The zero-order valence-corrected chi connectivity index (χ0v) is 13.6. The Morgan fingerprint density at radius 2 is 1.86 bits per heavy atom. The summed E-state index contributed by atoms with van der Waals surface area (Å²) in [7, 11) is 1.64. The smallest absolute Gasteiger partial charge is 0.134 e. The largest absolute Gasteiger partial charge is 0.497 e. The molecular formula is C20H25FO. The second-order valence-corrected chi connectivity index (χ2v) is 6.56. The van der Waals surface area contributed by atoms with Gasteiger partial charge in [0, 0.05) is 5.39 Å². The Balaban J connectivity index is 1.84. The van der Waals surface area contributed by atoms with Gasteiger partial charge in [-0.05, 0) is 66.7 Å². The number of ether oxygens (including phenoxy) is 1. The van der Waals surface area contributed by atoms with Gasteiger partial charge in [0.2, 0.25) is 0 Å². The molecule has 3 rings (SSSR count). The minimum absolute atomic E-state index is 0.0286. The first-order chi connectivity index (χ1) is 10.7. The number of methoxy groups -OCH3 is 1. The Bertz CT molecular complexity index is 641. The molecule has 0 amide bonds. The Labute approximate surface area is 132 Å². The van der Waals surface area contributed by atoms with Gasteiger partial charge in [0.05, 0.1) is 7.11 Å². The van der Waals surface area contributed by atoms with Gasteiger partial charge in [0.25, 0.3) is 0 Å². The fourth-order valence-electron chi connectivity index (χ4n) is 3.90. The molecule has 1 aliphatic rings. The predicted molar refractivity (Wildman–Crippen MR) is 90.1 cm³/mol. The molecule has 22 heavy (non-hydrogen) atoms. The van der Waals surface area contributed by atoms with Crippen molar-refractivity contribution in [3.05, 3.63) is 41.7 Å². The molecule has 0 radical (unpaired) electrons. The van der Waals surface area contributed by atoms with Crippen molar-refractivity contribution in [2.45, 2.75) is 51.4 Å². The first kappa shape index (κ1) is 15.3. The van der Waals surface area contributed by atoms with Crippen LogP contribution < -0.4 is 4.74 Å². The lowest BCUT2D eigenvalue weighted by Crippen LogP contribution is -2.14. The van der Waals surface area contributed by atoms with Crippen LogP contribution in [0.4, 0.5) is 4.39 Å². The van der Waals surface area contributed by atoms with Crippen molar-refractivity contribution in [3.8, 4) is 5.75 Å². The van der Waals surface area contributed by atoms with Gasteiger partial charge in [-0.25, -0.2) is 4.39 Å². The van der Waals surface area contributed by atoms with Crippen LogP contribution >= 0.6 is 0 Å². The topological polar surface area (TPSA) is 9.23 Å². The van der Waals surface area contributed by atoms with Gasteiger partial charge in [0.15, 0.2) is 0 Å². The standard InChI is InChI=1S/C20H25FO/c1-3-4-14-5-7-15(8-6-14)18-11-9-16-13-17(22-2)10-12-19(16)20(18)21/h9-15H,3-8H2,1-2H3. The van der Waals surface area contributed by atoms with E-state index >= 15 is 0 Å². The van der Waals surface area contributed by atoms with Crippen molar-refractivity contribution in [2.24, 2.45) is 5.92 Å². The lowest BCUT2D eigenvalue weighted by Gasteiger charge is -2.29. The fourth-order valence-corrected chi connectivity index (χ4v) is 3.90. The van der Waals surface area contributed by atoms with Crippen LogP contribution in [-0.4, -0.2) is 7.11 Å². The molecule has 0 saturated heterocycles. The first-order valence-corrected chi connectivity index (χ1v) is 8.49. The van der Waals surface area contributed by atoms with E-state index in [2.05, 4.69) is 6.92 Å². The fraction of sp³-hybridized carbons (Fsp3) is 0.500. The molecule has 1 aliphatic carbocycles. The number of rotatable bonds is 4. The predicted octanol–water partition coefficient (Wildman–Crippen LogP) is 6.06. The van der Waals surface area contributed by atoms with Crippen molar-refractivity contribution >= 4 is 10.8 Å². The second kappa shape index (κ2) is 6.68. The highest BCUT2D eigenvalue weighted by Crippen LogP contribution is 2.39. The summed E-state index contributed by atoms with van der Waals surface area (Å²) >= 11 is 0. The van der Waals surface area contributed by atoms with E-state index < -0.39 is 0 Å². The molecule has 0 aromatic heterocycles. The van der Waals surface area contributed by atoms with E-state index in [4.69, 9.17) is 4.74 Å². The Kier molecular flexibility index (Phi) is 4.66. The third-order valence-electron chi connectivity index (χ3n) is 5.17. The zero-order chi connectivity index (χ0) is 15.5. The van der Waals surface area contributed by atoms with Gasteiger partial charge in [-0.1, -0.05) is 31.9 Å². The van der Waals surface area contributed by atoms with Crippen molar-refractivity contribution in [1.82, 2.24) is 0 Å². The minimum atomic E-state index is -0.0286. The van der Waals surface area contributed by atoms with E-state index in [9.17, 15) is 4.39 Å². The molecule has 2 heteroatoms. The van der Waals surface area contributed by atoms with Crippen molar-refractivity contribution in [1.29, 1.82) is 0 Å². The van der Waals surface area contributed by atoms with Gasteiger partial charge in [0.1, 0.15) is 11.6 Å². The minimum Gasteiger partial charge on any atom is -0.497 e. The normalized spacial score (nSPS) is 22.0. The molecule has 118 valence electrons. The summed E-state index contributed by atoms with van der Waals surface area (Å²) in [5, 5.41) is 1.63. The van der Waals surface area contributed by atoms with Crippen LogP contribution in [0, 0.1) is 11.7 Å². The number of hydrogen-bond donors (Lipinski definition) is 0. The summed E-state index contributed by atoms with van der Waals surface area (Å²) < 4.78 is 20.1. The van der Waals surface area contributed by atoms with Crippen LogP contribution in [0.3, 0.4) is 0 Å². The Morgan fingerprint density at radius 1 is 1.09 bits per heavy atom. The van der Waals surface area contributed by atoms with E-state index in [1.54, 1.807) is 7.11 Å². The van der Waals surface area contributed by atoms with Crippen molar-refractivity contribution < 1.29 is 9.13 Å². The average Bonchev–Trinajstić information content (AvgIpc) is 2.56. The molecule has 2 aromatic carbocycles. The molecule has 0 heterocycles. The molecule has 0 N–H and O–H groups in total. The molecule has 2 aromatic rings. The Morgan fingerprint density at radius 3 is 2.55 bits per heavy atom. The number of halogens is 1. The molecule has 0 spiro atoms. The SMILES string of the molecule is CCCC1CCC(c2ccc3cc(OC)ccc3c2F)CC1. The summed E-state index contributed by atoms with van der Waals surface area (Å²) in [6, 6.07) is 9.61. The number of hydrogen-bond acceptors (Lipinski definition) is 1. The Hall–Kier alpha value is -1.57. The van der Waals surface area contributed by atoms with Crippen LogP contribution in [-0.2, 0) is 0 Å². The third-order valence-corrected chi connectivity index (χ3v) is 5.17. The maximum atomic E-state index is 14.9. The molecular weight excluding hydrogens is 275 g/mol. The van der Waals surface area contributed by atoms with Gasteiger partial charge < -0.3 is 4.74 Å². The molecule has 1 saturated carbocycles. The molecule has 0 unspecified atom stereocenters. The lowest BCUT2D eigenvalue weighted by molar-refractivity contribution is 0.305. The summed E-state index contributed by atoms with van der Waals surface area (Å²) in [6.07, 6.45) is 7.35. The number of fused-ring (bicyclic) bond motifs is 1. The first-order valence-electron chi connectivity index (χ1n) is 8.49. The van der Waals surface area contributed by atoms with Crippen LogP contribution in [0.15, 0.2) is 30.3 Å². The molecule has 0 atom stereocenters. The highest BCUT2D eigenvalue weighted by Gasteiger charge is 2.24. The average molecular weight is 300 g/mol. The summed E-state index contributed by atoms with van der Waals surface area (Å²) in [5.74, 6) is 1.99. The van der Waals surface area contributed by atoms with Crippen LogP contribution in [0.1, 0.15) is 56.9 Å². The summed E-state index contributed by atoms with van der Waals surface area (Å²) in [6.45, 7) is 2.25. The molecule has 0 aliphatic heterocycles. The maximum Gasteiger partial charge on any atom is 0.134 e. The van der Waals surface area contributed by atoms with Crippen LogP contribution in [0.5, 0.6) is 5.75 Å². The molecule has 0 bridgehead atoms.